The first-order valence-electron chi connectivity index (χ1n) is 11.3. The number of primary amides is 1. The van der Waals surface area contributed by atoms with E-state index in [1.807, 2.05) is 19.9 Å². The van der Waals surface area contributed by atoms with E-state index in [0.717, 1.165) is 17.5 Å². The maximum absolute atomic E-state index is 10.6. The van der Waals surface area contributed by atoms with E-state index in [0.29, 0.717) is 12.2 Å². The maximum Gasteiger partial charge on any atom is 0.323 e. The fraction of sp³-hybridized carbons (Fsp3) is 0.276. The summed E-state index contributed by atoms with van der Waals surface area (Å²) in [5.74, 6) is 0.204. The second kappa shape index (κ2) is 12.5. The number of oxime groups is 1. The van der Waals surface area contributed by atoms with Crippen LogP contribution >= 0.6 is 0 Å². The van der Waals surface area contributed by atoms with Gasteiger partial charge in [-0.05, 0) is 59.6 Å². The van der Waals surface area contributed by atoms with Crippen molar-refractivity contribution in [2.75, 3.05) is 0 Å². The standard InChI is InChI=1S/C28H31NO2.CH3NO/c1-20-11-12-24(18-26(20)21(2)29-31-19-30)27(17-22-9-7-6-8-10-22)23-13-15-25(16-14-23)28(3,4)5;2-1-3/h6-16,18-19,27H,17H2,1-5H3;1H,(H2,2,3)/b29-21-;. The van der Waals surface area contributed by atoms with Gasteiger partial charge in [-0.3, -0.25) is 9.59 Å². The van der Waals surface area contributed by atoms with Crippen LogP contribution in [0.25, 0.3) is 0 Å². The van der Waals surface area contributed by atoms with Gasteiger partial charge in [-0.1, -0.05) is 92.7 Å². The van der Waals surface area contributed by atoms with Crippen molar-refractivity contribution >= 4 is 18.6 Å². The van der Waals surface area contributed by atoms with Crippen molar-refractivity contribution < 1.29 is 14.4 Å². The Bertz CT molecular complexity index is 1100. The van der Waals surface area contributed by atoms with E-state index in [1.165, 1.54) is 22.3 Å². The maximum atomic E-state index is 10.6. The van der Waals surface area contributed by atoms with Crippen LogP contribution in [0.1, 0.15) is 67.0 Å². The second-order valence-corrected chi connectivity index (χ2v) is 9.20. The Balaban J connectivity index is 0.00000129. The van der Waals surface area contributed by atoms with E-state index >= 15 is 0 Å². The van der Waals surface area contributed by atoms with Crippen LogP contribution in [-0.2, 0) is 26.3 Å². The third-order valence-electron chi connectivity index (χ3n) is 5.75. The van der Waals surface area contributed by atoms with Crippen LogP contribution < -0.4 is 5.73 Å². The van der Waals surface area contributed by atoms with Crippen LogP contribution in [0.2, 0.25) is 0 Å². The summed E-state index contributed by atoms with van der Waals surface area (Å²) < 4.78 is 0. The fourth-order valence-corrected chi connectivity index (χ4v) is 3.89. The summed E-state index contributed by atoms with van der Waals surface area (Å²) in [5, 5.41) is 3.92. The van der Waals surface area contributed by atoms with Gasteiger partial charge in [0.2, 0.25) is 6.41 Å². The highest BCUT2D eigenvalue weighted by Crippen LogP contribution is 2.32. The molecule has 0 saturated carbocycles. The number of nitrogens with zero attached hydrogens (tertiary/aromatic N) is 1. The lowest BCUT2D eigenvalue weighted by molar-refractivity contribution is -0.128. The van der Waals surface area contributed by atoms with Crippen LogP contribution in [0.15, 0.2) is 78.0 Å². The molecule has 0 aromatic heterocycles. The lowest BCUT2D eigenvalue weighted by atomic mass is 9.81. The molecule has 0 bridgehead atoms. The van der Waals surface area contributed by atoms with Gasteiger partial charge in [0.15, 0.2) is 0 Å². The number of aryl methyl sites for hydroxylation is 1. The van der Waals surface area contributed by atoms with E-state index in [2.05, 4.69) is 103 Å². The first-order chi connectivity index (χ1) is 16.2. The van der Waals surface area contributed by atoms with Gasteiger partial charge in [0.05, 0.1) is 5.71 Å². The quantitative estimate of drug-likeness (QED) is 0.214. The van der Waals surface area contributed by atoms with Gasteiger partial charge in [-0.2, -0.15) is 0 Å². The predicted octanol–water partition coefficient (Wildman–Crippen LogP) is 5.67. The van der Waals surface area contributed by atoms with Crippen LogP contribution in [0.3, 0.4) is 0 Å². The van der Waals surface area contributed by atoms with Gasteiger partial charge < -0.3 is 10.6 Å². The second-order valence-electron chi connectivity index (χ2n) is 9.20. The SMILES string of the molecule is C/C(=N/OC=O)c1cc(C(Cc2ccccc2)c2ccc(C(C)(C)C)cc2)ccc1C.NC=O. The minimum atomic E-state index is 0.122. The molecule has 0 saturated heterocycles. The highest BCUT2D eigenvalue weighted by atomic mass is 16.7. The molecule has 3 rings (SSSR count). The summed E-state index contributed by atoms with van der Waals surface area (Å²) in [6.07, 6.45) is 1.15. The third kappa shape index (κ3) is 7.41. The predicted molar refractivity (Wildman–Crippen MR) is 138 cm³/mol. The summed E-state index contributed by atoms with van der Waals surface area (Å²) in [4.78, 5) is 23.8. The average Bonchev–Trinajstić information content (AvgIpc) is 2.82. The number of hydrogen-bond donors (Lipinski definition) is 1. The van der Waals surface area contributed by atoms with Gasteiger partial charge in [0, 0.05) is 11.5 Å². The molecule has 5 nitrogen and oxygen atoms in total. The Morgan fingerprint density at radius 1 is 0.971 bits per heavy atom. The highest BCUT2D eigenvalue weighted by Gasteiger charge is 2.19. The average molecular weight is 459 g/mol. The molecule has 3 aromatic rings. The van der Waals surface area contributed by atoms with E-state index in [-0.39, 0.29) is 17.7 Å². The van der Waals surface area contributed by atoms with Crippen LogP contribution in [0.5, 0.6) is 0 Å². The molecular formula is C29H34N2O3. The fourth-order valence-electron chi connectivity index (χ4n) is 3.89. The molecule has 3 aromatic carbocycles. The largest absolute Gasteiger partial charge is 0.372 e. The Morgan fingerprint density at radius 2 is 1.56 bits per heavy atom. The molecule has 2 N–H and O–H groups in total. The Morgan fingerprint density at radius 3 is 2.12 bits per heavy atom. The highest BCUT2D eigenvalue weighted by molar-refractivity contribution is 6.00. The summed E-state index contributed by atoms with van der Waals surface area (Å²) in [7, 11) is 0. The number of benzene rings is 3. The molecule has 34 heavy (non-hydrogen) atoms. The molecular weight excluding hydrogens is 424 g/mol. The molecule has 0 heterocycles. The van der Waals surface area contributed by atoms with Gasteiger partial charge in [-0.25, -0.2) is 0 Å². The number of hydrogen-bond acceptors (Lipinski definition) is 4. The molecule has 178 valence electrons. The minimum Gasteiger partial charge on any atom is -0.372 e. The monoisotopic (exact) mass is 458 g/mol. The van der Waals surface area contributed by atoms with Gasteiger partial charge >= 0.3 is 6.47 Å². The normalized spacial score (nSPS) is 12.2. The molecule has 0 aliphatic rings. The molecule has 1 amide bonds. The zero-order chi connectivity index (χ0) is 25.1. The lowest BCUT2D eigenvalue weighted by Gasteiger charge is -2.23. The molecule has 1 atom stereocenters. The first-order valence-corrected chi connectivity index (χ1v) is 11.3. The van der Waals surface area contributed by atoms with Gasteiger partial charge in [0.25, 0.3) is 0 Å². The Labute approximate surface area is 202 Å². The minimum absolute atomic E-state index is 0.122. The number of carbonyl (C=O) groups excluding carboxylic acids is 2. The smallest absolute Gasteiger partial charge is 0.323 e. The zero-order valence-electron chi connectivity index (χ0n) is 20.6. The van der Waals surface area contributed by atoms with E-state index < -0.39 is 0 Å². The van der Waals surface area contributed by atoms with Crippen molar-refractivity contribution in [1.82, 2.24) is 0 Å². The summed E-state index contributed by atoms with van der Waals surface area (Å²) >= 11 is 0. The molecule has 0 aliphatic carbocycles. The molecule has 0 fully saturated rings. The van der Waals surface area contributed by atoms with E-state index in [9.17, 15) is 4.79 Å². The molecule has 0 aliphatic heterocycles. The summed E-state index contributed by atoms with van der Waals surface area (Å²) in [6.45, 7) is 11.0. The van der Waals surface area contributed by atoms with Crippen molar-refractivity contribution in [3.05, 3.63) is 106 Å². The van der Waals surface area contributed by atoms with E-state index in [1.54, 1.807) is 0 Å². The van der Waals surface area contributed by atoms with Crippen molar-refractivity contribution in [2.45, 2.75) is 52.4 Å². The topological polar surface area (TPSA) is 81.8 Å². The van der Waals surface area contributed by atoms with Crippen molar-refractivity contribution in [3.63, 3.8) is 0 Å². The third-order valence-corrected chi connectivity index (χ3v) is 5.75. The number of carbonyl (C=O) groups is 2. The number of nitrogens with two attached hydrogens (primary N) is 1. The lowest BCUT2D eigenvalue weighted by Crippen LogP contribution is -2.12. The van der Waals surface area contributed by atoms with Crippen molar-refractivity contribution in [2.24, 2.45) is 10.9 Å². The van der Waals surface area contributed by atoms with E-state index in [4.69, 9.17) is 4.79 Å². The van der Waals surface area contributed by atoms with Crippen LogP contribution in [0.4, 0.5) is 0 Å². The summed E-state index contributed by atoms with van der Waals surface area (Å²) in [6, 6.07) is 26.1. The van der Waals surface area contributed by atoms with Crippen molar-refractivity contribution in [1.29, 1.82) is 0 Å². The summed E-state index contributed by atoms with van der Waals surface area (Å²) in [5.41, 5.74) is 12.2. The van der Waals surface area contributed by atoms with Crippen LogP contribution in [0, 0.1) is 6.92 Å². The number of rotatable bonds is 7. The van der Waals surface area contributed by atoms with Gasteiger partial charge in [0.1, 0.15) is 0 Å². The zero-order valence-corrected chi connectivity index (χ0v) is 20.6. The molecule has 0 spiro atoms. The number of amides is 1. The molecule has 1 unspecified atom stereocenters. The Hall–Kier alpha value is -3.73. The van der Waals surface area contributed by atoms with Crippen LogP contribution in [-0.4, -0.2) is 18.6 Å². The first kappa shape index (κ1) is 26.5. The molecule has 0 radical (unpaired) electrons. The van der Waals surface area contributed by atoms with Crippen molar-refractivity contribution in [3.8, 4) is 0 Å². The Kier molecular flexibility index (Phi) is 9.75. The van der Waals surface area contributed by atoms with Gasteiger partial charge in [-0.15, -0.1) is 0 Å². The molecule has 5 heteroatoms.